The zero-order valence-electron chi connectivity index (χ0n) is 15.2. The molecule has 0 spiro atoms. The van der Waals surface area contributed by atoms with E-state index in [0.29, 0.717) is 0 Å². The van der Waals surface area contributed by atoms with E-state index in [-0.39, 0.29) is 0 Å². The highest BCUT2D eigenvalue weighted by molar-refractivity contribution is 6.30. The van der Waals surface area contributed by atoms with Crippen molar-refractivity contribution in [2.45, 2.75) is 19.8 Å². The van der Waals surface area contributed by atoms with Crippen molar-refractivity contribution in [1.29, 1.82) is 0 Å². The molecule has 136 valence electrons. The van der Waals surface area contributed by atoms with Gasteiger partial charge in [0.1, 0.15) is 11.5 Å². The van der Waals surface area contributed by atoms with Gasteiger partial charge in [0.25, 0.3) is 0 Å². The Balaban J connectivity index is 1.40. The minimum Gasteiger partial charge on any atom is -0.370 e. The van der Waals surface area contributed by atoms with Gasteiger partial charge >= 0.3 is 0 Å². The van der Waals surface area contributed by atoms with E-state index in [1.54, 1.807) is 6.20 Å². The van der Waals surface area contributed by atoms with Gasteiger partial charge in [-0.25, -0.2) is 9.97 Å². The lowest BCUT2D eigenvalue weighted by molar-refractivity contribution is 0.993. The number of fused-ring (bicyclic) bond motifs is 1. The molecular weight excluding hydrogens is 356 g/mol. The Kier molecular flexibility index (Phi) is 5.07. The van der Waals surface area contributed by atoms with Gasteiger partial charge < -0.3 is 10.3 Å². The molecule has 0 amide bonds. The summed E-state index contributed by atoms with van der Waals surface area (Å²) in [6.07, 6.45) is 5.62. The molecule has 0 bridgehead atoms. The average Bonchev–Trinajstić information content (AvgIpc) is 3.09. The highest BCUT2D eigenvalue weighted by Gasteiger charge is 2.08. The average molecular weight is 377 g/mol. The maximum absolute atomic E-state index is 5.93. The van der Waals surface area contributed by atoms with Crippen molar-refractivity contribution >= 4 is 28.5 Å². The lowest BCUT2D eigenvalue weighted by Crippen LogP contribution is -2.07. The first kappa shape index (κ1) is 17.6. The smallest absolute Gasteiger partial charge is 0.137 e. The fourth-order valence-electron chi connectivity index (χ4n) is 3.23. The molecule has 0 atom stereocenters. The molecule has 0 unspecified atom stereocenters. The van der Waals surface area contributed by atoms with E-state index in [1.165, 1.54) is 22.1 Å². The van der Waals surface area contributed by atoms with Crippen molar-refractivity contribution in [3.63, 3.8) is 0 Å². The quantitative estimate of drug-likeness (QED) is 0.488. The first-order chi connectivity index (χ1) is 13.2. The Morgan fingerprint density at radius 1 is 1.04 bits per heavy atom. The zero-order valence-corrected chi connectivity index (χ0v) is 15.9. The summed E-state index contributed by atoms with van der Waals surface area (Å²) in [5.41, 5.74) is 5.70. The molecule has 4 nitrogen and oxygen atoms in total. The first-order valence-corrected chi connectivity index (χ1v) is 9.42. The van der Waals surface area contributed by atoms with Crippen LogP contribution in [0.25, 0.3) is 11.0 Å². The van der Waals surface area contributed by atoms with Gasteiger partial charge in [-0.3, -0.25) is 0 Å². The van der Waals surface area contributed by atoms with E-state index in [1.807, 2.05) is 24.4 Å². The van der Waals surface area contributed by atoms with Crippen LogP contribution >= 0.6 is 11.6 Å². The van der Waals surface area contributed by atoms with Gasteiger partial charge in [0.05, 0.1) is 0 Å². The van der Waals surface area contributed by atoms with Crippen molar-refractivity contribution in [1.82, 2.24) is 15.0 Å². The Labute approximate surface area is 163 Å². The molecule has 1 aromatic carbocycles. The fourth-order valence-corrected chi connectivity index (χ4v) is 3.35. The van der Waals surface area contributed by atoms with Crippen LogP contribution < -0.4 is 5.32 Å². The minimum atomic E-state index is 0.769. The molecule has 0 aliphatic heterocycles. The third-order valence-corrected chi connectivity index (χ3v) is 5.00. The van der Waals surface area contributed by atoms with Gasteiger partial charge in [-0.15, -0.1) is 0 Å². The molecule has 0 saturated heterocycles. The Hall–Kier alpha value is -2.85. The molecule has 27 heavy (non-hydrogen) atoms. The van der Waals surface area contributed by atoms with Crippen LogP contribution in [0.5, 0.6) is 0 Å². The number of hydrogen-bond donors (Lipinski definition) is 2. The summed E-state index contributed by atoms with van der Waals surface area (Å²) in [5.74, 6) is 0.908. The number of benzene rings is 1. The lowest BCUT2D eigenvalue weighted by Gasteiger charge is -2.10. The normalized spacial score (nSPS) is 11.0. The maximum atomic E-state index is 5.93. The van der Waals surface area contributed by atoms with E-state index in [2.05, 4.69) is 52.5 Å². The van der Waals surface area contributed by atoms with Crippen molar-refractivity contribution in [3.8, 4) is 0 Å². The molecule has 4 rings (SSSR count). The number of aryl methyl sites for hydroxylation is 1. The number of aromatic amines is 1. The van der Waals surface area contributed by atoms with E-state index in [4.69, 9.17) is 16.6 Å². The molecular formula is C22H21ClN4. The Bertz CT molecular complexity index is 1050. The maximum Gasteiger partial charge on any atom is 0.137 e. The summed E-state index contributed by atoms with van der Waals surface area (Å²) in [4.78, 5) is 12.3. The van der Waals surface area contributed by atoms with Crippen LogP contribution in [0.15, 0.2) is 60.9 Å². The molecule has 3 heterocycles. The predicted octanol–water partition coefficient (Wildman–Crippen LogP) is 5.17. The van der Waals surface area contributed by atoms with Crippen molar-refractivity contribution in [2.75, 3.05) is 11.9 Å². The van der Waals surface area contributed by atoms with E-state index in [0.717, 1.165) is 41.6 Å². The monoisotopic (exact) mass is 376 g/mol. The third kappa shape index (κ3) is 4.12. The molecule has 0 fully saturated rings. The standard InChI is InChI=1S/C22H21ClN4/c1-15-17(13-18-14-26-22-20(18)3-2-11-25-22)6-9-21(27-15)24-12-10-16-4-7-19(23)8-5-16/h2-9,11,14H,10,12-13H2,1H3,(H,24,27)(H,25,26). The molecule has 0 saturated carbocycles. The summed E-state index contributed by atoms with van der Waals surface area (Å²) >= 11 is 5.93. The van der Waals surface area contributed by atoms with Crippen LogP contribution in [0, 0.1) is 6.92 Å². The molecule has 0 radical (unpaired) electrons. The van der Waals surface area contributed by atoms with Gasteiger partial charge in [-0.1, -0.05) is 29.8 Å². The summed E-state index contributed by atoms with van der Waals surface area (Å²) in [6, 6.07) is 16.2. The van der Waals surface area contributed by atoms with E-state index >= 15 is 0 Å². The molecule has 5 heteroatoms. The first-order valence-electron chi connectivity index (χ1n) is 9.05. The van der Waals surface area contributed by atoms with E-state index < -0.39 is 0 Å². The van der Waals surface area contributed by atoms with Gasteiger partial charge in [-0.2, -0.15) is 0 Å². The summed E-state index contributed by atoms with van der Waals surface area (Å²) in [7, 11) is 0. The van der Waals surface area contributed by atoms with Gasteiger partial charge in [0.2, 0.25) is 0 Å². The highest BCUT2D eigenvalue weighted by atomic mass is 35.5. The number of aromatic nitrogens is 3. The van der Waals surface area contributed by atoms with Crippen LogP contribution in [0.3, 0.4) is 0 Å². The molecule has 4 aromatic rings. The fraction of sp³-hybridized carbons (Fsp3) is 0.182. The van der Waals surface area contributed by atoms with Gasteiger partial charge in [-0.05, 0) is 60.4 Å². The highest BCUT2D eigenvalue weighted by Crippen LogP contribution is 2.21. The Morgan fingerprint density at radius 2 is 1.89 bits per heavy atom. The SMILES string of the molecule is Cc1nc(NCCc2ccc(Cl)cc2)ccc1Cc1c[nH]c2ncccc12. The van der Waals surface area contributed by atoms with Crippen LogP contribution in [0.4, 0.5) is 5.82 Å². The molecule has 3 aromatic heterocycles. The lowest BCUT2D eigenvalue weighted by atomic mass is 10.0. The number of rotatable bonds is 6. The van der Waals surface area contributed by atoms with Crippen molar-refractivity contribution in [2.24, 2.45) is 0 Å². The molecule has 0 aliphatic rings. The third-order valence-electron chi connectivity index (χ3n) is 4.75. The number of nitrogens with zero attached hydrogens (tertiary/aromatic N) is 2. The summed E-state index contributed by atoms with van der Waals surface area (Å²) in [5, 5.41) is 5.34. The largest absolute Gasteiger partial charge is 0.370 e. The summed E-state index contributed by atoms with van der Waals surface area (Å²) < 4.78 is 0. The number of halogens is 1. The van der Waals surface area contributed by atoms with Gasteiger partial charge in [0, 0.05) is 41.5 Å². The number of pyridine rings is 2. The minimum absolute atomic E-state index is 0.769. The van der Waals surface area contributed by atoms with E-state index in [9.17, 15) is 0 Å². The number of hydrogen-bond acceptors (Lipinski definition) is 3. The Morgan fingerprint density at radius 3 is 2.70 bits per heavy atom. The second kappa shape index (κ2) is 7.80. The predicted molar refractivity (Wildman–Crippen MR) is 112 cm³/mol. The second-order valence-corrected chi connectivity index (χ2v) is 7.07. The van der Waals surface area contributed by atoms with Crippen LogP contribution in [-0.4, -0.2) is 21.5 Å². The molecule has 0 aliphatic carbocycles. The van der Waals surface area contributed by atoms with Gasteiger partial charge in [0.15, 0.2) is 0 Å². The number of anilines is 1. The van der Waals surface area contributed by atoms with Crippen LogP contribution in [-0.2, 0) is 12.8 Å². The topological polar surface area (TPSA) is 53.6 Å². The van der Waals surface area contributed by atoms with Crippen LogP contribution in [0.1, 0.15) is 22.4 Å². The van der Waals surface area contributed by atoms with Crippen LogP contribution in [0.2, 0.25) is 5.02 Å². The second-order valence-electron chi connectivity index (χ2n) is 6.63. The molecule has 2 N–H and O–H groups in total. The summed E-state index contributed by atoms with van der Waals surface area (Å²) in [6.45, 7) is 2.90. The van der Waals surface area contributed by atoms with Crippen molar-refractivity contribution in [3.05, 3.63) is 88.3 Å². The number of H-pyrrole nitrogens is 1. The van der Waals surface area contributed by atoms with Crippen molar-refractivity contribution < 1.29 is 0 Å². The number of nitrogens with one attached hydrogen (secondary N) is 2. The zero-order chi connectivity index (χ0) is 18.6.